The Hall–Kier alpha value is -7.69. The third-order valence-electron chi connectivity index (χ3n) is 14.2. The Morgan fingerprint density at radius 1 is 0.446 bits per heavy atom. The molecule has 13 aromatic rings. The van der Waals surface area contributed by atoms with Crippen LogP contribution in [0.2, 0.25) is 39.3 Å². The van der Waals surface area contributed by atoms with Gasteiger partial charge < -0.3 is 13.5 Å². The van der Waals surface area contributed by atoms with Gasteiger partial charge >= 0.3 is 0 Å². The van der Waals surface area contributed by atoms with Crippen molar-refractivity contribution >= 4 is 135 Å². The molecule has 0 saturated carbocycles. The SMILES string of the molecule is [C-]#[N+]c1ccc2c(c1)c1cc([Si](C)(C)C)ccc1n2-c1c2ccccc2cc2c1c1cccc3c4c(-n5c6ccc(C#N)cc6c6cc([Si](C)(C)C)ccc65)c5ccccc5cc4n2c31. The first-order valence-corrected chi connectivity index (χ1v) is 29.4. The van der Waals surface area contributed by atoms with Gasteiger partial charge in [-0.25, -0.2) is 4.85 Å². The van der Waals surface area contributed by atoms with E-state index in [4.69, 9.17) is 6.57 Å². The molecule has 7 heteroatoms. The highest BCUT2D eigenvalue weighted by Gasteiger charge is 2.29. The number of hydrogen-bond donors (Lipinski definition) is 0. The zero-order valence-corrected chi connectivity index (χ0v) is 39.2. The van der Waals surface area contributed by atoms with Crippen molar-refractivity contribution in [3.63, 3.8) is 0 Å². The number of nitriles is 1. The van der Waals surface area contributed by atoms with Crippen molar-refractivity contribution in [2.45, 2.75) is 39.3 Å². The largest absolute Gasteiger partial charge is 0.308 e. The molecule has 0 atom stereocenters. The molecule has 0 amide bonds. The normalized spacial score (nSPS) is 12.7. The molecule has 65 heavy (non-hydrogen) atoms. The molecule has 0 fully saturated rings. The summed E-state index contributed by atoms with van der Waals surface area (Å²) in [5.74, 6) is 0. The van der Waals surface area contributed by atoms with Crippen LogP contribution in [0.25, 0.3) is 119 Å². The molecule has 0 aliphatic carbocycles. The van der Waals surface area contributed by atoms with Crippen LogP contribution in [-0.2, 0) is 0 Å². The fourth-order valence-corrected chi connectivity index (χ4v) is 13.4. The van der Waals surface area contributed by atoms with Crippen LogP contribution >= 0.6 is 0 Å². The van der Waals surface area contributed by atoms with Crippen LogP contribution in [0.5, 0.6) is 0 Å². The third kappa shape index (κ3) is 5.11. The van der Waals surface area contributed by atoms with Crippen molar-refractivity contribution in [3.05, 3.63) is 169 Å². The van der Waals surface area contributed by atoms with Gasteiger partial charge in [0.2, 0.25) is 0 Å². The molecule has 0 unspecified atom stereocenters. The number of benzene rings is 9. The molecule has 0 saturated heterocycles. The first-order chi connectivity index (χ1) is 31.4. The van der Waals surface area contributed by atoms with E-state index >= 15 is 0 Å². The van der Waals surface area contributed by atoms with Gasteiger partial charge in [0.25, 0.3) is 0 Å². The average molecular weight is 866 g/mol. The third-order valence-corrected chi connectivity index (χ3v) is 18.3. The monoisotopic (exact) mass is 865 g/mol. The summed E-state index contributed by atoms with van der Waals surface area (Å²) in [5, 5.41) is 27.1. The maximum atomic E-state index is 10.1. The summed E-state index contributed by atoms with van der Waals surface area (Å²) in [6.07, 6.45) is 0. The lowest BCUT2D eigenvalue weighted by molar-refractivity contribution is 1.21. The molecule has 13 rings (SSSR count). The molecule has 0 aliphatic heterocycles. The number of hydrogen-bond acceptors (Lipinski definition) is 1. The quantitative estimate of drug-likeness (QED) is 0.128. The van der Waals surface area contributed by atoms with E-state index in [1.54, 1.807) is 0 Å². The Kier molecular flexibility index (Phi) is 7.54. The minimum absolute atomic E-state index is 0.651. The minimum Gasteiger partial charge on any atom is -0.308 e. The molecule has 4 aromatic heterocycles. The predicted molar refractivity (Wildman–Crippen MR) is 282 cm³/mol. The fraction of sp³-hybridized carbons (Fsp3) is 0.103. The molecule has 9 aromatic carbocycles. The van der Waals surface area contributed by atoms with Gasteiger partial charge in [0, 0.05) is 48.5 Å². The topological polar surface area (TPSA) is 42.4 Å². The van der Waals surface area contributed by atoms with E-state index in [0.717, 1.165) is 55.2 Å². The van der Waals surface area contributed by atoms with Crippen molar-refractivity contribution in [3.8, 4) is 17.4 Å². The number of aromatic nitrogens is 3. The molecule has 0 N–H and O–H groups in total. The number of rotatable bonds is 4. The number of fused-ring (bicyclic) bond motifs is 14. The summed E-state index contributed by atoms with van der Waals surface area (Å²) >= 11 is 0. The summed E-state index contributed by atoms with van der Waals surface area (Å²) in [4.78, 5) is 3.90. The lowest BCUT2D eigenvalue weighted by Gasteiger charge is -2.18. The Morgan fingerprint density at radius 2 is 0.892 bits per heavy atom. The van der Waals surface area contributed by atoms with Crippen molar-refractivity contribution in [1.82, 2.24) is 13.5 Å². The lowest BCUT2D eigenvalue weighted by Crippen LogP contribution is -2.37. The van der Waals surface area contributed by atoms with Gasteiger partial charge in [-0.1, -0.05) is 147 Å². The number of para-hydroxylation sites is 1. The van der Waals surface area contributed by atoms with Crippen LogP contribution in [0.15, 0.2) is 152 Å². The lowest BCUT2D eigenvalue weighted by atomic mass is 9.99. The van der Waals surface area contributed by atoms with Gasteiger partial charge in [0.1, 0.15) is 0 Å². The smallest absolute Gasteiger partial charge is 0.188 e. The highest BCUT2D eigenvalue weighted by atomic mass is 28.3. The molecule has 0 bridgehead atoms. The molecule has 5 nitrogen and oxygen atoms in total. The first-order valence-electron chi connectivity index (χ1n) is 22.4. The second-order valence-corrected chi connectivity index (χ2v) is 30.2. The Bertz CT molecular complexity index is 4070. The molecule has 4 heterocycles. The fourth-order valence-electron chi connectivity index (χ4n) is 11.1. The van der Waals surface area contributed by atoms with Crippen LogP contribution < -0.4 is 10.4 Å². The van der Waals surface area contributed by atoms with E-state index in [1.165, 1.54) is 69.8 Å². The summed E-state index contributed by atoms with van der Waals surface area (Å²) in [7, 11) is -3.32. The maximum absolute atomic E-state index is 10.1. The summed E-state index contributed by atoms with van der Waals surface area (Å²) in [5.41, 5.74) is 11.6. The van der Waals surface area contributed by atoms with E-state index in [9.17, 15) is 5.26 Å². The van der Waals surface area contributed by atoms with Gasteiger partial charge in [-0.2, -0.15) is 5.26 Å². The molecule has 308 valence electrons. The van der Waals surface area contributed by atoms with Crippen molar-refractivity contribution in [2.24, 2.45) is 0 Å². The predicted octanol–water partition coefficient (Wildman–Crippen LogP) is 14.9. The Balaban J connectivity index is 1.22. The van der Waals surface area contributed by atoms with Gasteiger partial charge in [-0.15, -0.1) is 0 Å². The standard InChI is InChI=1S/C58H43N5Si2/c1-60-37-20-24-49-45(30-37)47-32-39(65(5,6)7)22-26-51(47)62(49)58-41-16-11-9-14-36(41)29-53-55(58)43-18-12-17-42-54-52(63(53)56(42)43)28-35-13-8-10-15-40(35)57(54)61-48-23-19-34(33-59)27-44(48)46-31-38(64(2,3)4)21-25-50(46)61/h8-32H,2-7H3. The number of nitrogens with zero attached hydrogens (tertiary/aromatic N) is 5. The van der Waals surface area contributed by atoms with Crippen molar-refractivity contribution in [1.29, 1.82) is 5.26 Å². The summed E-state index contributed by atoms with van der Waals surface area (Å²) in [6.45, 7) is 22.4. The second kappa shape index (κ2) is 13.0. The van der Waals surface area contributed by atoms with E-state index in [1.807, 2.05) is 12.1 Å². The van der Waals surface area contributed by atoms with E-state index in [-0.39, 0.29) is 0 Å². The van der Waals surface area contributed by atoms with Gasteiger partial charge in [0.05, 0.1) is 84.3 Å². The summed E-state index contributed by atoms with van der Waals surface area (Å²) in [6, 6.07) is 58.4. The molecular formula is C58H43N5Si2. The summed E-state index contributed by atoms with van der Waals surface area (Å²) < 4.78 is 7.52. The van der Waals surface area contributed by atoms with Crippen molar-refractivity contribution in [2.75, 3.05) is 0 Å². The molecule has 0 spiro atoms. The van der Waals surface area contributed by atoms with Crippen LogP contribution in [0.3, 0.4) is 0 Å². The zero-order chi connectivity index (χ0) is 44.3. The molecule has 0 aliphatic rings. The maximum Gasteiger partial charge on any atom is 0.188 e. The van der Waals surface area contributed by atoms with Crippen LogP contribution in [-0.4, -0.2) is 29.7 Å². The second-order valence-electron chi connectivity index (χ2n) is 20.0. The first kappa shape index (κ1) is 37.8. The van der Waals surface area contributed by atoms with Gasteiger partial charge in [0.15, 0.2) is 5.69 Å². The van der Waals surface area contributed by atoms with Crippen LogP contribution in [0.1, 0.15) is 5.56 Å². The Morgan fingerprint density at radius 3 is 1.38 bits per heavy atom. The van der Waals surface area contributed by atoms with E-state index in [2.05, 4.69) is 203 Å². The average Bonchev–Trinajstić information content (AvgIpc) is 4.03. The molecular weight excluding hydrogens is 823 g/mol. The zero-order valence-electron chi connectivity index (χ0n) is 37.2. The van der Waals surface area contributed by atoms with E-state index in [0.29, 0.717) is 11.3 Å². The van der Waals surface area contributed by atoms with E-state index < -0.39 is 16.1 Å². The van der Waals surface area contributed by atoms with Crippen LogP contribution in [0, 0.1) is 17.9 Å². The Labute approximate surface area is 377 Å². The minimum atomic E-state index is -1.66. The highest BCUT2D eigenvalue weighted by Crippen LogP contribution is 2.49. The van der Waals surface area contributed by atoms with Gasteiger partial charge in [-0.05, 0) is 70.8 Å². The van der Waals surface area contributed by atoms with Crippen molar-refractivity contribution < 1.29 is 0 Å². The van der Waals surface area contributed by atoms with Crippen LogP contribution in [0.4, 0.5) is 5.69 Å². The van der Waals surface area contributed by atoms with Gasteiger partial charge in [-0.3, -0.25) is 0 Å². The molecule has 0 radical (unpaired) electrons. The highest BCUT2D eigenvalue weighted by molar-refractivity contribution is 6.89.